The Kier molecular flexibility index (Phi) is 5.88. The van der Waals surface area contributed by atoms with Gasteiger partial charge in [0.2, 0.25) is 0 Å². The van der Waals surface area contributed by atoms with E-state index >= 15 is 0 Å². The van der Waals surface area contributed by atoms with Crippen LogP contribution in [0.1, 0.15) is 27.7 Å². The molecule has 3 heteroatoms. The zero-order valence-electron chi connectivity index (χ0n) is 8.70. The minimum absolute atomic E-state index is 0.188. The predicted octanol–water partition coefficient (Wildman–Crippen LogP) is 2.80. The SMILES string of the molecule is CC(C)=CCSC(C(=O)O)C(C)C. The second kappa shape index (κ2) is 6.08. The van der Waals surface area contributed by atoms with E-state index < -0.39 is 5.97 Å². The lowest BCUT2D eigenvalue weighted by Gasteiger charge is -2.14. The van der Waals surface area contributed by atoms with E-state index in [2.05, 4.69) is 6.08 Å². The van der Waals surface area contributed by atoms with Crippen LogP contribution < -0.4 is 0 Å². The highest BCUT2D eigenvalue weighted by molar-refractivity contribution is 8.00. The first kappa shape index (κ1) is 12.6. The summed E-state index contributed by atoms with van der Waals surface area (Å²) in [5.74, 6) is 0.271. The molecule has 0 aliphatic carbocycles. The molecule has 0 bridgehead atoms. The largest absolute Gasteiger partial charge is 0.480 e. The summed E-state index contributed by atoms with van der Waals surface area (Å²) in [5.41, 5.74) is 1.24. The number of carboxylic acids is 1. The van der Waals surface area contributed by atoms with Crippen LogP contribution >= 0.6 is 11.8 Å². The first-order valence-electron chi connectivity index (χ1n) is 4.43. The highest BCUT2D eigenvalue weighted by atomic mass is 32.2. The van der Waals surface area contributed by atoms with E-state index in [4.69, 9.17) is 5.11 Å². The summed E-state index contributed by atoms with van der Waals surface area (Å²) in [6, 6.07) is 0. The first-order chi connectivity index (χ1) is 5.95. The van der Waals surface area contributed by atoms with Crippen molar-refractivity contribution >= 4 is 17.7 Å². The maximum Gasteiger partial charge on any atom is 0.316 e. The predicted molar refractivity (Wildman–Crippen MR) is 58.2 cm³/mol. The molecule has 0 amide bonds. The van der Waals surface area contributed by atoms with Crippen molar-refractivity contribution in [1.29, 1.82) is 0 Å². The molecule has 1 unspecified atom stereocenters. The van der Waals surface area contributed by atoms with Gasteiger partial charge in [-0.1, -0.05) is 25.5 Å². The Bertz CT molecular complexity index is 193. The van der Waals surface area contributed by atoms with Gasteiger partial charge in [0.15, 0.2) is 0 Å². The fourth-order valence-electron chi connectivity index (χ4n) is 0.867. The Morgan fingerprint density at radius 3 is 2.31 bits per heavy atom. The Balaban J connectivity index is 3.98. The van der Waals surface area contributed by atoms with Crippen molar-refractivity contribution in [3.63, 3.8) is 0 Å². The third kappa shape index (κ3) is 5.75. The molecule has 0 radical (unpaired) electrons. The van der Waals surface area contributed by atoms with Crippen LogP contribution in [0.3, 0.4) is 0 Å². The monoisotopic (exact) mass is 202 g/mol. The molecule has 0 rings (SSSR count). The second-order valence-electron chi connectivity index (χ2n) is 3.62. The number of rotatable bonds is 5. The standard InChI is InChI=1S/C10H18O2S/c1-7(2)5-6-13-9(8(3)4)10(11)12/h5,8-9H,6H2,1-4H3,(H,11,12). The summed E-state index contributed by atoms with van der Waals surface area (Å²) in [6.45, 7) is 7.92. The number of hydrogen-bond donors (Lipinski definition) is 1. The van der Waals surface area contributed by atoms with Gasteiger partial charge in [0, 0.05) is 5.75 Å². The number of aliphatic carboxylic acids is 1. The quantitative estimate of drug-likeness (QED) is 0.696. The fourth-order valence-corrected chi connectivity index (χ4v) is 2.03. The highest BCUT2D eigenvalue weighted by Gasteiger charge is 2.20. The molecule has 0 aromatic carbocycles. The first-order valence-corrected chi connectivity index (χ1v) is 5.47. The van der Waals surface area contributed by atoms with E-state index in [0.717, 1.165) is 5.75 Å². The molecule has 1 atom stereocenters. The van der Waals surface area contributed by atoms with Gasteiger partial charge in [0.25, 0.3) is 0 Å². The lowest BCUT2D eigenvalue weighted by atomic mass is 10.1. The molecule has 13 heavy (non-hydrogen) atoms. The number of hydrogen-bond acceptors (Lipinski definition) is 2. The van der Waals surface area contributed by atoms with Gasteiger partial charge in [-0.3, -0.25) is 4.79 Å². The zero-order valence-corrected chi connectivity index (χ0v) is 9.52. The van der Waals surface area contributed by atoms with Gasteiger partial charge >= 0.3 is 5.97 Å². The zero-order chi connectivity index (χ0) is 10.4. The average molecular weight is 202 g/mol. The molecule has 0 aliphatic rings. The summed E-state index contributed by atoms with van der Waals surface area (Å²) in [6.07, 6.45) is 2.06. The molecule has 0 saturated heterocycles. The highest BCUT2D eigenvalue weighted by Crippen LogP contribution is 2.20. The van der Waals surface area contributed by atoms with Gasteiger partial charge < -0.3 is 5.11 Å². The third-order valence-electron chi connectivity index (χ3n) is 1.62. The molecule has 0 saturated carbocycles. The summed E-state index contributed by atoms with van der Waals surface area (Å²) in [4.78, 5) is 10.8. The number of thioether (sulfide) groups is 1. The van der Waals surface area contributed by atoms with Crippen molar-refractivity contribution < 1.29 is 9.90 Å². The van der Waals surface area contributed by atoms with Crippen molar-refractivity contribution in [2.24, 2.45) is 5.92 Å². The molecule has 0 aromatic rings. The minimum atomic E-state index is -0.706. The van der Waals surface area contributed by atoms with Crippen LogP contribution in [0.15, 0.2) is 11.6 Å². The van der Waals surface area contributed by atoms with Gasteiger partial charge in [0.1, 0.15) is 5.25 Å². The van der Waals surface area contributed by atoms with E-state index in [1.807, 2.05) is 27.7 Å². The summed E-state index contributed by atoms with van der Waals surface area (Å²) in [5, 5.41) is 8.59. The third-order valence-corrected chi connectivity index (χ3v) is 3.08. The van der Waals surface area contributed by atoms with Gasteiger partial charge in [-0.2, -0.15) is 0 Å². The fraction of sp³-hybridized carbons (Fsp3) is 0.700. The molecule has 0 aliphatic heterocycles. The lowest BCUT2D eigenvalue weighted by Crippen LogP contribution is -2.22. The molecular formula is C10H18O2S. The molecular weight excluding hydrogens is 184 g/mol. The maximum absolute atomic E-state index is 10.8. The van der Waals surface area contributed by atoms with E-state index in [9.17, 15) is 4.79 Å². The van der Waals surface area contributed by atoms with Gasteiger partial charge in [0.05, 0.1) is 0 Å². The van der Waals surface area contributed by atoms with E-state index in [-0.39, 0.29) is 11.2 Å². The molecule has 1 N–H and O–H groups in total. The molecule has 2 nitrogen and oxygen atoms in total. The number of carbonyl (C=O) groups is 1. The topological polar surface area (TPSA) is 37.3 Å². The Labute approximate surface area is 84.4 Å². The van der Waals surface area contributed by atoms with Crippen molar-refractivity contribution in [3.05, 3.63) is 11.6 Å². The summed E-state index contributed by atoms with van der Waals surface area (Å²) in [7, 11) is 0. The smallest absolute Gasteiger partial charge is 0.316 e. The minimum Gasteiger partial charge on any atom is -0.480 e. The van der Waals surface area contributed by atoms with Crippen molar-refractivity contribution in [1.82, 2.24) is 0 Å². The Morgan fingerprint density at radius 2 is 2.00 bits per heavy atom. The summed E-state index contributed by atoms with van der Waals surface area (Å²) >= 11 is 1.49. The van der Waals surface area contributed by atoms with Crippen LogP contribution in [0.25, 0.3) is 0 Å². The van der Waals surface area contributed by atoms with Crippen LogP contribution in [-0.2, 0) is 4.79 Å². The van der Waals surface area contributed by atoms with Gasteiger partial charge in [-0.15, -0.1) is 11.8 Å². The van der Waals surface area contributed by atoms with Crippen LogP contribution in [0.5, 0.6) is 0 Å². The van der Waals surface area contributed by atoms with E-state index in [1.54, 1.807) is 0 Å². The molecule has 0 spiro atoms. The van der Waals surface area contributed by atoms with Crippen LogP contribution in [0, 0.1) is 5.92 Å². The van der Waals surface area contributed by atoms with Crippen molar-refractivity contribution in [2.45, 2.75) is 32.9 Å². The number of carboxylic acid groups (broad SMARTS) is 1. The van der Waals surface area contributed by atoms with E-state index in [0.29, 0.717) is 0 Å². The Hall–Kier alpha value is -0.440. The molecule has 76 valence electrons. The van der Waals surface area contributed by atoms with Crippen molar-refractivity contribution in [2.75, 3.05) is 5.75 Å². The molecule has 0 fully saturated rings. The van der Waals surface area contributed by atoms with Gasteiger partial charge in [-0.25, -0.2) is 0 Å². The van der Waals surface area contributed by atoms with Crippen LogP contribution in [0.2, 0.25) is 0 Å². The molecule has 0 heterocycles. The van der Waals surface area contributed by atoms with Gasteiger partial charge in [-0.05, 0) is 19.8 Å². The number of allylic oxidation sites excluding steroid dienone is 1. The average Bonchev–Trinajstić information content (AvgIpc) is 1.95. The lowest BCUT2D eigenvalue weighted by molar-refractivity contribution is -0.137. The van der Waals surface area contributed by atoms with Crippen molar-refractivity contribution in [3.8, 4) is 0 Å². The van der Waals surface area contributed by atoms with Crippen LogP contribution in [0.4, 0.5) is 0 Å². The second-order valence-corrected chi connectivity index (χ2v) is 4.79. The summed E-state index contributed by atoms with van der Waals surface area (Å²) < 4.78 is 0. The van der Waals surface area contributed by atoms with E-state index in [1.165, 1.54) is 17.3 Å². The maximum atomic E-state index is 10.8. The van der Waals surface area contributed by atoms with Crippen LogP contribution in [-0.4, -0.2) is 22.1 Å². The Morgan fingerprint density at radius 1 is 1.46 bits per heavy atom. The normalized spacial score (nSPS) is 12.7. The molecule has 0 aromatic heterocycles.